The summed E-state index contributed by atoms with van der Waals surface area (Å²) in [5.41, 5.74) is 0. The van der Waals surface area contributed by atoms with Gasteiger partial charge in [-0.05, 0) is 22.6 Å². The average Bonchev–Trinajstić information content (AvgIpc) is 1.58. The van der Waals surface area contributed by atoms with Crippen molar-refractivity contribution in [3.63, 3.8) is 0 Å². The molecule has 0 spiro atoms. The molecule has 0 radical (unpaired) electrons. The van der Waals surface area contributed by atoms with Crippen molar-refractivity contribution in [2.75, 3.05) is 0 Å². The Morgan fingerprint density at radius 1 is 0.909 bits per heavy atom. The lowest BCUT2D eigenvalue weighted by Crippen LogP contribution is -2.45. The maximum absolute atomic E-state index is 12.5. The van der Waals surface area contributed by atoms with Gasteiger partial charge < -0.3 is 0 Å². The third-order valence-electron chi connectivity index (χ3n) is 0.712. The molecule has 0 fully saturated rings. The van der Waals surface area contributed by atoms with Crippen LogP contribution in [0.4, 0.5) is 13.2 Å². The highest BCUT2D eigenvalue weighted by atomic mass is 127. The van der Waals surface area contributed by atoms with Crippen molar-refractivity contribution in [1.29, 1.82) is 0 Å². The summed E-state index contributed by atoms with van der Waals surface area (Å²) in [6, 6.07) is 0. The third-order valence-corrected chi connectivity index (χ3v) is 2.34. The molecular formula is C3Cl4F3I. The molecule has 11 heavy (non-hydrogen) atoms. The molecule has 0 aromatic heterocycles. The molecule has 0 saturated heterocycles. The number of hydrogen-bond acceptors (Lipinski definition) is 0. The maximum Gasteiger partial charge on any atom is 0.350 e. The largest absolute Gasteiger partial charge is 0.350 e. The fourth-order valence-electron chi connectivity index (χ4n) is 0.161. The van der Waals surface area contributed by atoms with Gasteiger partial charge in [0, 0.05) is 0 Å². The third kappa shape index (κ3) is 2.83. The van der Waals surface area contributed by atoms with Gasteiger partial charge in [-0.25, -0.2) is 4.39 Å². The molecule has 0 N–H and O–H groups in total. The molecule has 0 aliphatic heterocycles. The first-order chi connectivity index (χ1) is 4.50. The zero-order chi connectivity index (χ0) is 9.50. The predicted molar refractivity (Wildman–Crippen MR) is 48.9 cm³/mol. The highest BCUT2D eigenvalue weighted by molar-refractivity contribution is 14.1. The molecule has 1 atom stereocenters. The molecule has 0 aromatic rings. The molecule has 0 rings (SSSR count). The van der Waals surface area contributed by atoms with Crippen molar-refractivity contribution in [2.45, 2.75) is 12.8 Å². The van der Waals surface area contributed by atoms with Gasteiger partial charge in [0.25, 0.3) is 3.79 Å². The summed E-state index contributed by atoms with van der Waals surface area (Å²) >= 11 is 19.5. The van der Waals surface area contributed by atoms with Gasteiger partial charge in [-0.2, -0.15) is 8.78 Å². The van der Waals surface area contributed by atoms with Crippen LogP contribution in [0.1, 0.15) is 0 Å². The Bertz CT molecular complexity index is 132. The lowest BCUT2D eigenvalue weighted by Gasteiger charge is -2.28. The minimum absolute atomic E-state index is 0.640. The second-order valence-corrected chi connectivity index (χ2v) is 6.50. The molecule has 8 heteroatoms. The Morgan fingerprint density at radius 2 is 1.18 bits per heavy atom. The van der Waals surface area contributed by atoms with E-state index in [1.807, 2.05) is 0 Å². The summed E-state index contributed by atoms with van der Waals surface area (Å²) < 4.78 is 31.0. The topological polar surface area (TPSA) is 0 Å². The fraction of sp³-hybridized carbons (Fsp3) is 1.00. The Hall–Kier alpha value is 1.68. The van der Waals surface area contributed by atoms with E-state index in [2.05, 4.69) is 11.6 Å². The molecular weight excluding hydrogens is 362 g/mol. The molecule has 0 aliphatic rings. The van der Waals surface area contributed by atoms with Crippen molar-refractivity contribution in [2.24, 2.45) is 0 Å². The van der Waals surface area contributed by atoms with Crippen molar-refractivity contribution in [1.82, 2.24) is 0 Å². The lowest BCUT2D eigenvalue weighted by molar-refractivity contribution is -0.0436. The minimum Gasteiger partial charge on any atom is -0.207 e. The molecule has 0 saturated carbocycles. The maximum atomic E-state index is 12.5. The van der Waals surface area contributed by atoms with E-state index in [0.29, 0.717) is 22.6 Å². The lowest BCUT2D eigenvalue weighted by atomic mass is 10.4. The van der Waals surface area contributed by atoms with Crippen molar-refractivity contribution < 1.29 is 13.2 Å². The number of halogens is 8. The van der Waals surface area contributed by atoms with E-state index in [-0.39, 0.29) is 0 Å². The molecule has 0 aliphatic carbocycles. The van der Waals surface area contributed by atoms with Crippen molar-refractivity contribution in [3.05, 3.63) is 0 Å². The first-order valence-corrected chi connectivity index (χ1v) is 4.60. The van der Waals surface area contributed by atoms with Crippen LogP contribution in [0.2, 0.25) is 0 Å². The van der Waals surface area contributed by atoms with Crippen LogP contribution in [0.15, 0.2) is 0 Å². The Morgan fingerprint density at radius 3 is 1.18 bits per heavy atom. The first-order valence-electron chi connectivity index (χ1n) is 2.01. The summed E-state index contributed by atoms with van der Waals surface area (Å²) in [5, 5.41) is 0. The van der Waals surface area contributed by atoms with Crippen molar-refractivity contribution >= 4 is 69.0 Å². The highest BCUT2D eigenvalue weighted by Crippen LogP contribution is 2.54. The zero-order valence-corrected chi connectivity index (χ0v) is 9.70. The van der Waals surface area contributed by atoms with Gasteiger partial charge in [-0.15, -0.1) is 0 Å². The zero-order valence-electron chi connectivity index (χ0n) is 4.52. The van der Waals surface area contributed by atoms with Crippen LogP contribution >= 0.6 is 69.0 Å². The average molecular weight is 362 g/mol. The van der Waals surface area contributed by atoms with Gasteiger partial charge in [0.05, 0.1) is 0 Å². The van der Waals surface area contributed by atoms with Gasteiger partial charge >= 0.3 is 9.06 Å². The summed E-state index contributed by atoms with van der Waals surface area (Å²) in [6.07, 6.45) is 0. The van der Waals surface area contributed by atoms with Crippen LogP contribution in [0.5, 0.6) is 0 Å². The van der Waals surface area contributed by atoms with E-state index in [9.17, 15) is 13.2 Å². The van der Waals surface area contributed by atoms with Crippen LogP contribution in [0.25, 0.3) is 0 Å². The molecule has 0 amide bonds. The van der Waals surface area contributed by atoms with Gasteiger partial charge in [-0.3, -0.25) is 0 Å². The Balaban J connectivity index is 4.75. The monoisotopic (exact) mass is 360 g/mol. The van der Waals surface area contributed by atoms with Gasteiger partial charge in [0.15, 0.2) is 0 Å². The Labute approximate surface area is 94.4 Å². The summed E-state index contributed by atoms with van der Waals surface area (Å²) in [4.78, 5) is 0. The second-order valence-electron chi connectivity index (χ2n) is 1.57. The van der Waals surface area contributed by atoms with E-state index in [1.165, 1.54) is 0 Å². The van der Waals surface area contributed by atoms with E-state index < -0.39 is 12.8 Å². The smallest absolute Gasteiger partial charge is 0.207 e. The molecule has 0 bridgehead atoms. The van der Waals surface area contributed by atoms with Gasteiger partial charge in [0.1, 0.15) is 0 Å². The van der Waals surface area contributed by atoms with Crippen LogP contribution in [0.3, 0.4) is 0 Å². The quantitative estimate of drug-likeness (QED) is 0.483. The molecule has 1 unspecified atom stereocenters. The first kappa shape index (κ1) is 12.7. The van der Waals surface area contributed by atoms with Crippen LogP contribution in [-0.2, 0) is 0 Å². The van der Waals surface area contributed by atoms with Crippen LogP contribution in [0, 0.1) is 0 Å². The second kappa shape index (κ2) is 3.44. The fourth-order valence-corrected chi connectivity index (χ4v) is 1.72. The molecule has 0 aromatic carbocycles. The number of rotatable bonds is 1. The summed E-state index contributed by atoms with van der Waals surface area (Å²) in [6.45, 7) is 0. The van der Waals surface area contributed by atoms with E-state index in [1.54, 1.807) is 0 Å². The van der Waals surface area contributed by atoms with Crippen LogP contribution in [-0.4, -0.2) is 12.8 Å². The number of hydrogen-bond donors (Lipinski definition) is 0. The Kier molecular flexibility index (Phi) is 3.97. The number of alkyl halides is 8. The minimum atomic E-state index is -4.24. The van der Waals surface area contributed by atoms with Crippen LogP contribution < -0.4 is 0 Å². The van der Waals surface area contributed by atoms with Gasteiger partial charge in [-0.1, -0.05) is 46.4 Å². The summed E-state index contributed by atoms with van der Waals surface area (Å²) in [5.74, 6) is -4.24. The highest BCUT2D eigenvalue weighted by Gasteiger charge is 2.65. The summed E-state index contributed by atoms with van der Waals surface area (Å²) in [7, 11) is 0. The molecule has 0 nitrogen and oxygen atoms in total. The van der Waals surface area contributed by atoms with Crippen molar-refractivity contribution in [3.8, 4) is 0 Å². The molecule has 0 heterocycles. The van der Waals surface area contributed by atoms with Gasteiger partial charge in [0.2, 0.25) is 0 Å². The van der Waals surface area contributed by atoms with E-state index in [0.717, 1.165) is 0 Å². The SMILES string of the molecule is FC(Cl)(I)C(F)(F)C(Cl)(Cl)Cl. The standard InChI is InChI=1S/C3Cl4F3I/c4-2(5,6)1(8,9)3(7,10)11. The predicted octanol–water partition coefficient (Wildman–Crippen LogP) is 4.29. The normalized spacial score (nSPS) is 19.6. The van der Waals surface area contributed by atoms with E-state index in [4.69, 9.17) is 34.8 Å². The molecule has 68 valence electrons. The van der Waals surface area contributed by atoms with E-state index >= 15 is 0 Å².